The van der Waals surface area contributed by atoms with Crippen molar-refractivity contribution in [1.82, 2.24) is 19.7 Å². The second-order valence-electron chi connectivity index (χ2n) is 6.10. The summed E-state index contributed by atoms with van der Waals surface area (Å²) >= 11 is 0. The molecule has 23 heavy (non-hydrogen) atoms. The highest BCUT2D eigenvalue weighted by Gasteiger charge is 2.27. The Kier molecular flexibility index (Phi) is 4.27. The van der Waals surface area contributed by atoms with Crippen molar-refractivity contribution in [3.8, 4) is 0 Å². The molecule has 2 aromatic rings. The molecule has 1 fully saturated rings. The molecule has 122 valence electrons. The Labute approximate surface area is 135 Å². The van der Waals surface area contributed by atoms with Gasteiger partial charge < -0.3 is 10.2 Å². The summed E-state index contributed by atoms with van der Waals surface area (Å²) in [7, 11) is 1.83. The van der Waals surface area contributed by atoms with Crippen LogP contribution >= 0.6 is 0 Å². The van der Waals surface area contributed by atoms with Crippen LogP contribution in [0.4, 0.5) is 11.8 Å². The Morgan fingerprint density at radius 1 is 1.30 bits per heavy atom. The summed E-state index contributed by atoms with van der Waals surface area (Å²) in [5.74, 6) is 1.25. The van der Waals surface area contributed by atoms with Crippen LogP contribution in [0.25, 0.3) is 0 Å². The number of hydrogen-bond donors (Lipinski definition) is 1. The number of rotatable bonds is 3. The lowest BCUT2D eigenvalue weighted by atomic mass is 9.97. The highest BCUT2D eigenvalue weighted by molar-refractivity contribution is 5.92. The third-order valence-corrected chi connectivity index (χ3v) is 4.01. The number of nitrogens with zero attached hydrogens (tertiary/aromatic N) is 5. The topological polar surface area (TPSA) is 75.9 Å². The van der Waals surface area contributed by atoms with Gasteiger partial charge in [-0.3, -0.25) is 9.48 Å². The molecule has 0 bridgehead atoms. The Balaban J connectivity index is 1.69. The SMILES string of the molecule is Cc1cc(C)nc(N2CCC[C@H](C(=O)Nc3ccn(C)n3)C2)n1. The molecule has 7 heteroatoms. The Morgan fingerprint density at radius 3 is 2.70 bits per heavy atom. The number of piperidine rings is 1. The second kappa shape index (κ2) is 6.36. The van der Waals surface area contributed by atoms with E-state index in [0.717, 1.165) is 36.7 Å². The van der Waals surface area contributed by atoms with Crippen molar-refractivity contribution < 1.29 is 4.79 Å². The highest BCUT2D eigenvalue weighted by Crippen LogP contribution is 2.22. The maximum Gasteiger partial charge on any atom is 0.230 e. The summed E-state index contributed by atoms with van der Waals surface area (Å²) in [6, 6.07) is 3.75. The van der Waals surface area contributed by atoms with Gasteiger partial charge >= 0.3 is 0 Å². The Bertz CT molecular complexity index is 690. The van der Waals surface area contributed by atoms with Crippen LogP contribution < -0.4 is 10.2 Å². The van der Waals surface area contributed by atoms with Crippen LogP contribution in [0.1, 0.15) is 24.2 Å². The fourth-order valence-corrected chi connectivity index (χ4v) is 2.93. The van der Waals surface area contributed by atoms with E-state index in [1.54, 1.807) is 10.7 Å². The lowest BCUT2D eigenvalue weighted by Gasteiger charge is -2.32. The van der Waals surface area contributed by atoms with E-state index in [9.17, 15) is 4.79 Å². The monoisotopic (exact) mass is 314 g/mol. The molecular formula is C16H22N6O. The van der Waals surface area contributed by atoms with Gasteiger partial charge in [-0.25, -0.2) is 9.97 Å². The largest absolute Gasteiger partial charge is 0.340 e. The lowest BCUT2D eigenvalue weighted by molar-refractivity contribution is -0.120. The van der Waals surface area contributed by atoms with Crippen LogP contribution in [0.5, 0.6) is 0 Å². The molecule has 1 amide bonds. The maximum absolute atomic E-state index is 12.5. The number of amides is 1. The van der Waals surface area contributed by atoms with Crippen molar-refractivity contribution in [2.24, 2.45) is 13.0 Å². The zero-order chi connectivity index (χ0) is 16.4. The lowest BCUT2D eigenvalue weighted by Crippen LogP contribution is -2.41. The minimum absolute atomic E-state index is 0.0118. The van der Waals surface area contributed by atoms with E-state index in [1.807, 2.05) is 33.2 Å². The van der Waals surface area contributed by atoms with Gasteiger partial charge in [0, 0.05) is 43.8 Å². The van der Waals surface area contributed by atoms with Gasteiger partial charge in [0.1, 0.15) is 0 Å². The standard InChI is InChI=1S/C16H22N6O/c1-11-9-12(2)18-16(17-11)22-7-4-5-13(10-22)15(23)19-14-6-8-21(3)20-14/h6,8-9,13H,4-5,7,10H2,1-3H3,(H,19,20,23)/t13-/m0/s1. The molecule has 0 aromatic carbocycles. The van der Waals surface area contributed by atoms with E-state index in [4.69, 9.17) is 0 Å². The first-order valence-electron chi connectivity index (χ1n) is 7.89. The van der Waals surface area contributed by atoms with Crippen LogP contribution in [0.2, 0.25) is 0 Å². The van der Waals surface area contributed by atoms with Gasteiger partial charge in [-0.1, -0.05) is 0 Å². The van der Waals surface area contributed by atoms with E-state index in [1.165, 1.54) is 0 Å². The zero-order valence-corrected chi connectivity index (χ0v) is 13.8. The number of aromatic nitrogens is 4. The smallest absolute Gasteiger partial charge is 0.230 e. The van der Waals surface area contributed by atoms with Crippen molar-refractivity contribution in [2.45, 2.75) is 26.7 Å². The van der Waals surface area contributed by atoms with E-state index in [0.29, 0.717) is 12.4 Å². The predicted molar refractivity (Wildman–Crippen MR) is 88.3 cm³/mol. The van der Waals surface area contributed by atoms with Crippen molar-refractivity contribution >= 4 is 17.7 Å². The molecule has 7 nitrogen and oxygen atoms in total. The number of carbonyl (C=O) groups excluding carboxylic acids is 1. The van der Waals surface area contributed by atoms with E-state index in [-0.39, 0.29) is 11.8 Å². The van der Waals surface area contributed by atoms with Gasteiger partial charge in [0.25, 0.3) is 0 Å². The highest BCUT2D eigenvalue weighted by atomic mass is 16.2. The second-order valence-corrected chi connectivity index (χ2v) is 6.10. The third kappa shape index (κ3) is 3.67. The first-order chi connectivity index (χ1) is 11.0. The van der Waals surface area contributed by atoms with E-state index < -0.39 is 0 Å². The molecule has 2 aromatic heterocycles. The molecule has 1 aliphatic heterocycles. The van der Waals surface area contributed by atoms with Crippen molar-refractivity contribution in [2.75, 3.05) is 23.3 Å². The third-order valence-electron chi connectivity index (χ3n) is 4.01. The van der Waals surface area contributed by atoms with Crippen LogP contribution in [0.3, 0.4) is 0 Å². The summed E-state index contributed by atoms with van der Waals surface area (Å²) in [5, 5.41) is 7.08. The molecular weight excluding hydrogens is 292 g/mol. The number of aryl methyl sites for hydroxylation is 3. The number of nitrogens with one attached hydrogen (secondary N) is 1. The van der Waals surface area contributed by atoms with Gasteiger partial charge in [0.05, 0.1) is 5.92 Å². The van der Waals surface area contributed by atoms with Crippen LogP contribution in [-0.4, -0.2) is 38.7 Å². The summed E-state index contributed by atoms with van der Waals surface area (Å²) in [5.41, 5.74) is 1.90. The van der Waals surface area contributed by atoms with E-state index in [2.05, 4.69) is 25.3 Å². The first-order valence-corrected chi connectivity index (χ1v) is 7.89. The number of anilines is 2. The summed E-state index contributed by atoms with van der Waals surface area (Å²) in [4.78, 5) is 23.6. The average Bonchev–Trinajstić information content (AvgIpc) is 2.91. The molecule has 0 radical (unpaired) electrons. The van der Waals surface area contributed by atoms with Crippen molar-refractivity contribution in [1.29, 1.82) is 0 Å². The number of carbonyl (C=O) groups is 1. The molecule has 3 heterocycles. The fraction of sp³-hybridized carbons (Fsp3) is 0.500. The number of hydrogen-bond acceptors (Lipinski definition) is 5. The minimum Gasteiger partial charge on any atom is -0.340 e. The zero-order valence-electron chi connectivity index (χ0n) is 13.8. The molecule has 1 aliphatic rings. The molecule has 1 N–H and O–H groups in total. The normalized spacial score (nSPS) is 18.0. The summed E-state index contributed by atoms with van der Waals surface area (Å²) < 4.78 is 1.67. The van der Waals surface area contributed by atoms with E-state index >= 15 is 0 Å². The van der Waals surface area contributed by atoms with Crippen molar-refractivity contribution in [3.63, 3.8) is 0 Å². The Morgan fingerprint density at radius 2 is 2.04 bits per heavy atom. The van der Waals surface area contributed by atoms with Gasteiger partial charge in [0.15, 0.2) is 5.82 Å². The summed E-state index contributed by atoms with van der Waals surface area (Å²) in [6.45, 7) is 5.46. The minimum atomic E-state index is -0.0739. The molecule has 0 saturated carbocycles. The molecule has 0 unspecified atom stereocenters. The molecule has 0 aliphatic carbocycles. The first kappa shape index (κ1) is 15.5. The molecule has 1 atom stereocenters. The van der Waals surface area contributed by atoms with Gasteiger partial charge in [-0.2, -0.15) is 5.10 Å². The van der Waals surface area contributed by atoms with Crippen LogP contribution in [0.15, 0.2) is 18.3 Å². The maximum atomic E-state index is 12.5. The molecule has 0 spiro atoms. The Hall–Kier alpha value is -2.44. The quantitative estimate of drug-likeness (QED) is 0.933. The van der Waals surface area contributed by atoms with Crippen molar-refractivity contribution in [3.05, 3.63) is 29.7 Å². The summed E-state index contributed by atoms with van der Waals surface area (Å²) in [6.07, 6.45) is 3.64. The average molecular weight is 314 g/mol. The van der Waals surface area contributed by atoms with Crippen LogP contribution in [-0.2, 0) is 11.8 Å². The molecule has 3 rings (SSSR count). The van der Waals surface area contributed by atoms with Gasteiger partial charge in [-0.15, -0.1) is 0 Å². The van der Waals surface area contributed by atoms with Crippen LogP contribution in [0, 0.1) is 19.8 Å². The van der Waals surface area contributed by atoms with Gasteiger partial charge in [-0.05, 0) is 32.8 Å². The predicted octanol–water partition coefficient (Wildman–Crippen LogP) is 1.68. The fourth-order valence-electron chi connectivity index (χ4n) is 2.93. The molecule has 1 saturated heterocycles. The van der Waals surface area contributed by atoms with Gasteiger partial charge in [0.2, 0.25) is 11.9 Å².